The molecule has 1 heterocycles. The van der Waals surface area contributed by atoms with E-state index in [2.05, 4.69) is 20.7 Å². The molecule has 3 aromatic carbocycles. The lowest BCUT2D eigenvalue weighted by Crippen LogP contribution is -2.34. The molecule has 11 heteroatoms. The van der Waals surface area contributed by atoms with Gasteiger partial charge in [-0.15, -0.1) is 5.10 Å². The molecule has 10 nitrogen and oxygen atoms in total. The van der Waals surface area contributed by atoms with Crippen molar-refractivity contribution in [1.29, 1.82) is 0 Å². The summed E-state index contributed by atoms with van der Waals surface area (Å²) in [5.74, 6) is 2.35. The van der Waals surface area contributed by atoms with Gasteiger partial charge in [-0.05, 0) is 84.1 Å². The molecule has 0 aliphatic heterocycles. The fraction of sp³-hybridized carbons (Fsp3) is 0.154. The monoisotopic (exact) mass is 520 g/mol. The zero-order chi connectivity index (χ0) is 26.2. The molecule has 4 rings (SSSR count). The molecule has 0 bridgehead atoms. The number of nitrogens with one attached hydrogen (secondary N) is 2. The van der Waals surface area contributed by atoms with E-state index in [1.165, 1.54) is 31.2 Å². The minimum Gasteiger partial charge on any atom is -0.504 e. The quantitative estimate of drug-likeness (QED) is 0.127. The maximum absolute atomic E-state index is 12.5. The average molecular weight is 521 g/mol. The van der Waals surface area contributed by atoms with E-state index in [-0.39, 0.29) is 17.4 Å². The number of aromatic hydroxyl groups is 1. The van der Waals surface area contributed by atoms with Crippen molar-refractivity contribution in [2.24, 2.45) is 5.10 Å². The summed E-state index contributed by atoms with van der Waals surface area (Å²) in [6, 6.07) is 19.9. The molecule has 0 saturated carbocycles. The van der Waals surface area contributed by atoms with Gasteiger partial charge < -0.3 is 19.3 Å². The molecule has 0 fully saturated rings. The normalized spacial score (nSPS) is 10.9. The zero-order valence-corrected chi connectivity index (χ0v) is 21.3. The molecule has 0 aliphatic carbocycles. The molecular weight excluding hydrogens is 494 g/mol. The number of hydrogen-bond acceptors (Lipinski definition) is 8. The van der Waals surface area contributed by atoms with Crippen molar-refractivity contribution in [3.8, 4) is 40.1 Å². The highest BCUT2D eigenvalue weighted by atomic mass is 32.2. The lowest BCUT2D eigenvalue weighted by molar-refractivity contribution is -0.625. The first-order valence-electron chi connectivity index (χ1n) is 11.1. The number of hydrogen-bond donors (Lipinski definition) is 3. The number of aromatic nitrogens is 3. The third-order valence-corrected chi connectivity index (χ3v) is 6.24. The van der Waals surface area contributed by atoms with E-state index in [0.717, 1.165) is 28.6 Å². The first kappa shape index (κ1) is 25.6. The van der Waals surface area contributed by atoms with E-state index >= 15 is 0 Å². The van der Waals surface area contributed by atoms with Crippen LogP contribution in [0.4, 0.5) is 0 Å². The van der Waals surface area contributed by atoms with Gasteiger partial charge in [-0.2, -0.15) is 9.67 Å². The van der Waals surface area contributed by atoms with Crippen LogP contribution >= 0.6 is 11.8 Å². The maximum Gasteiger partial charge on any atom is 0.342 e. The number of ether oxygens (including phenoxy) is 3. The van der Waals surface area contributed by atoms with Gasteiger partial charge in [0, 0.05) is 0 Å². The van der Waals surface area contributed by atoms with Gasteiger partial charge in [0.1, 0.15) is 17.2 Å². The van der Waals surface area contributed by atoms with Gasteiger partial charge >= 0.3 is 5.16 Å². The molecule has 190 valence electrons. The smallest absolute Gasteiger partial charge is 0.342 e. The number of phenols is 1. The van der Waals surface area contributed by atoms with E-state index in [1.807, 2.05) is 53.1 Å². The predicted octanol–water partition coefficient (Wildman–Crippen LogP) is 3.33. The van der Waals surface area contributed by atoms with Crippen molar-refractivity contribution in [3.63, 3.8) is 0 Å². The summed E-state index contributed by atoms with van der Waals surface area (Å²) in [5.41, 5.74) is 4.92. The lowest BCUT2D eigenvalue weighted by atomic mass is 10.2. The molecular formula is C26H26N5O5S+. The summed E-state index contributed by atoms with van der Waals surface area (Å²) in [5, 5.41) is 21.8. The van der Waals surface area contributed by atoms with E-state index in [9.17, 15) is 9.90 Å². The Morgan fingerprint density at radius 3 is 2.35 bits per heavy atom. The fourth-order valence-corrected chi connectivity index (χ4v) is 4.18. The van der Waals surface area contributed by atoms with Gasteiger partial charge in [0.05, 0.1) is 44.0 Å². The van der Waals surface area contributed by atoms with E-state index < -0.39 is 0 Å². The van der Waals surface area contributed by atoms with Crippen LogP contribution in [-0.4, -0.2) is 54.5 Å². The standard InChI is InChI=1S/C26H25N5O5S/c1-34-20-9-5-18(6-10-20)25-29-30-26(31(25)19-7-11-21(35-2)12-8-19)37-16-24(33)28-27-15-17-4-13-22(32)23(14-17)36-3/h4-15H,16H2,1-3H3,(H2,27,28,32,33)/p+1. The molecule has 1 amide bonds. The third-order valence-electron chi connectivity index (χ3n) is 5.31. The Balaban J connectivity index is 1.51. The molecule has 3 N–H and O–H groups in total. The van der Waals surface area contributed by atoms with Crippen molar-refractivity contribution in [3.05, 3.63) is 72.3 Å². The van der Waals surface area contributed by atoms with Crippen molar-refractivity contribution in [2.75, 3.05) is 27.1 Å². The molecule has 37 heavy (non-hydrogen) atoms. The minimum atomic E-state index is -0.303. The van der Waals surface area contributed by atoms with Crippen molar-refractivity contribution in [1.82, 2.24) is 15.6 Å². The number of nitrogens with zero attached hydrogens (tertiary/aromatic N) is 3. The van der Waals surface area contributed by atoms with E-state index in [0.29, 0.717) is 16.5 Å². The van der Waals surface area contributed by atoms with Crippen LogP contribution in [0.1, 0.15) is 5.56 Å². The van der Waals surface area contributed by atoms with Crippen LogP contribution < -0.4 is 24.2 Å². The second-order valence-corrected chi connectivity index (χ2v) is 8.57. The highest BCUT2D eigenvalue weighted by molar-refractivity contribution is 7.99. The highest BCUT2D eigenvalue weighted by Gasteiger charge is 2.24. The molecule has 0 unspecified atom stereocenters. The van der Waals surface area contributed by atoms with Crippen LogP contribution in [-0.2, 0) is 4.79 Å². The summed E-state index contributed by atoms with van der Waals surface area (Å²) in [6.45, 7) is 0. The number of carbonyl (C=O) groups is 1. The Morgan fingerprint density at radius 2 is 1.70 bits per heavy atom. The number of hydrazone groups is 1. The van der Waals surface area contributed by atoms with Crippen molar-refractivity contribution in [2.45, 2.75) is 5.16 Å². The molecule has 1 aromatic heterocycles. The van der Waals surface area contributed by atoms with E-state index in [1.54, 1.807) is 26.4 Å². The van der Waals surface area contributed by atoms with E-state index in [4.69, 9.17) is 14.2 Å². The second kappa shape index (κ2) is 12.0. The van der Waals surface area contributed by atoms with Crippen LogP contribution in [0, 0.1) is 0 Å². The molecule has 4 aromatic rings. The van der Waals surface area contributed by atoms with Crippen LogP contribution in [0.15, 0.2) is 77.0 Å². The second-order valence-electron chi connectivity index (χ2n) is 7.63. The number of amides is 1. The summed E-state index contributed by atoms with van der Waals surface area (Å²) < 4.78 is 17.6. The number of carbonyl (C=O) groups excluding carboxylic acids is 1. The highest BCUT2D eigenvalue weighted by Crippen LogP contribution is 2.26. The minimum absolute atomic E-state index is 0.0262. The fourth-order valence-electron chi connectivity index (χ4n) is 3.42. The van der Waals surface area contributed by atoms with Gasteiger partial charge in [-0.25, -0.2) is 5.43 Å². The topological polar surface area (TPSA) is 122 Å². The summed E-state index contributed by atoms with van der Waals surface area (Å²) in [4.78, 5) is 12.5. The van der Waals surface area contributed by atoms with Gasteiger partial charge in [0.2, 0.25) is 0 Å². The maximum atomic E-state index is 12.5. The van der Waals surface area contributed by atoms with Gasteiger partial charge in [0.15, 0.2) is 11.5 Å². The molecule has 0 radical (unpaired) electrons. The molecule has 0 aliphatic rings. The SMILES string of the molecule is COc1ccc(-c2[nH]nc(SCC(=O)NN=Cc3ccc(O)c(OC)c3)[n+]2-c2ccc(OC)cc2)cc1. The number of rotatable bonds is 10. The number of phenolic OH excluding ortho intramolecular Hbond substituents is 1. The predicted molar refractivity (Wildman–Crippen MR) is 140 cm³/mol. The molecule has 0 saturated heterocycles. The molecule has 0 atom stereocenters. The number of thioether (sulfide) groups is 1. The number of aromatic amines is 1. The Kier molecular flexibility index (Phi) is 8.26. The third kappa shape index (κ3) is 6.19. The Morgan fingerprint density at radius 1 is 1.03 bits per heavy atom. The van der Waals surface area contributed by atoms with Gasteiger partial charge in [-0.3, -0.25) is 4.79 Å². The average Bonchev–Trinajstić information content (AvgIpc) is 3.36. The summed E-state index contributed by atoms with van der Waals surface area (Å²) >= 11 is 1.26. The summed E-state index contributed by atoms with van der Waals surface area (Å²) in [7, 11) is 4.69. The zero-order valence-electron chi connectivity index (χ0n) is 20.5. The molecule has 0 spiro atoms. The number of methoxy groups -OCH3 is 3. The van der Waals surface area contributed by atoms with Gasteiger partial charge in [-0.1, -0.05) is 0 Å². The van der Waals surface area contributed by atoms with Crippen LogP contribution in [0.3, 0.4) is 0 Å². The summed E-state index contributed by atoms with van der Waals surface area (Å²) in [6.07, 6.45) is 1.47. The van der Waals surface area contributed by atoms with Crippen molar-refractivity contribution >= 4 is 23.9 Å². The van der Waals surface area contributed by atoms with Crippen LogP contribution in [0.25, 0.3) is 17.1 Å². The largest absolute Gasteiger partial charge is 0.504 e. The first-order valence-corrected chi connectivity index (χ1v) is 12.1. The Labute approximate surface area is 217 Å². The van der Waals surface area contributed by atoms with Crippen LogP contribution in [0.2, 0.25) is 0 Å². The number of benzene rings is 3. The van der Waals surface area contributed by atoms with Crippen LogP contribution in [0.5, 0.6) is 23.0 Å². The van der Waals surface area contributed by atoms with Gasteiger partial charge in [0.25, 0.3) is 11.7 Å². The lowest BCUT2D eigenvalue weighted by Gasteiger charge is -2.06. The Bertz CT molecular complexity index is 1390. The first-order chi connectivity index (χ1) is 18.0. The Hall–Kier alpha value is -4.51. The number of H-pyrrole nitrogens is 1. The van der Waals surface area contributed by atoms with Crippen molar-refractivity contribution < 1.29 is 28.7 Å².